The number of rotatable bonds is 6. The van der Waals surface area contributed by atoms with E-state index in [0.717, 1.165) is 60.9 Å². The molecule has 1 N–H and O–H groups in total. The van der Waals surface area contributed by atoms with Gasteiger partial charge in [-0.2, -0.15) is 13.2 Å². The molecule has 0 heterocycles. The van der Waals surface area contributed by atoms with Crippen molar-refractivity contribution >= 4 is 23.4 Å². The first-order valence-electron chi connectivity index (χ1n) is 11.5. The van der Waals surface area contributed by atoms with Crippen molar-refractivity contribution in [2.75, 3.05) is 6.54 Å². The molecule has 0 atom stereocenters. The molecule has 4 bridgehead atoms. The van der Waals surface area contributed by atoms with Gasteiger partial charge in [-0.3, -0.25) is 14.9 Å². The Kier molecular flexibility index (Phi) is 5.86. The van der Waals surface area contributed by atoms with Crippen molar-refractivity contribution < 1.29 is 22.9 Å². The molecular weight excluding hydrogens is 465 g/mol. The van der Waals surface area contributed by atoms with Gasteiger partial charge in [-0.1, -0.05) is 23.9 Å². The number of amides is 1. The monoisotopic (exact) mass is 490 g/mol. The van der Waals surface area contributed by atoms with Crippen LogP contribution in [0.3, 0.4) is 0 Å². The lowest BCUT2D eigenvalue weighted by atomic mass is 9.49. The van der Waals surface area contributed by atoms with Gasteiger partial charge in [0.25, 0.3) is 11.6 Å². The fourth-order valence-electron chi connectivity index (χ4n) is 6.65. The highest BCUT2D eigenvalue weighted by molar-refractivity contribution is 7.99. The molecule has 4 saturated carbocycles. The van der Waals surface area contributed by atoms with E-state index in [-0.39, 0.29) is 16.2 Å². The summed E-state index contributed by atoms with van der Waals surface area (Å²) in [5.41, 5.74) is -1.18. The molecule has 4 fully saturated rings. The fraction of sp³-hybridized carbons (Fsp3) is 0.480. The Morgan fingerprint density at radius 2 is 1.65 bits per heavy atom. The largest absolute Gasteiger partial charge is 0.416 e. The van der Waals surface area contributed by atoms with Gasteiger partial charge in [0.05, 0.1) is 20.9 Å². The molecule has 2 aromatic carbocycles. The third kappa shape index (κ3) is 4.54. The summed E-state index contributed by atoms with van der Waals surface area (Å²) in [7, 11) is 0. The van der Waals surface area contributed by atoms with Crippen LogP contribution < -0.4 is 5.32 Å². The number of benzene rings is 2. The molecule has 5 nitrogen and oxygen atoms in total. The number of nitrogens with one attached hydrogen (secondary N) is 1. The maximum atomic E-state index is 13.1. The van der Waals surface area contributed by atoms with E-state index in [0.29, 0.717) is 23.1 Å². The van der Waals surface area contributed by atoms with Crippen LogP contribution in [-0.2, 0) is 6.18 Å². The van der Waals surface area contributed by atoms with Crippen molar-refractivity contribution in [3.05, 3.63) is 63.7 Å². The number of hydrogen-bond acceptors (Lipinski definition) is 4. The Morgan fingerprint density at radius 3 is 2.24 bits per heavy atom. The predicted octanol–water partition coefficient (Wildman–Crippen LogP) is 6.71. The number of nitro groups is 1. The van der Waals surface area contributed by atoms with Gasteiger partial charge in [-0.15, -0.1) is 0 Å². The number of carbonyl (C=O) groups is 1. The second kappa shape index (κ2) is 8.59. The minimum absolute atomic E-state index is 0.0549. The Bertz CT molecular complexity index is 1100. The number of alkyl halides is 3. The molecule has 34 heavy (non-hydrogen) atoms. The molecular formula is C25H25F3N2O3S. The quantitative estimate of drug-likeness (QED) is 0.361. The first kappa shape index (κ1) is 23.2. The zero-order chi connectivity index (χ0) is 24.1. The van der Waals surface area contributed by atoms with Gasteiger partial charge in [0.2, 0.25) is 0 Å². The summed E-state index contributed by atoms with van der Waals surface area (Å²) in [6, 6.07) is 9.18. The lowest BCUT2D eigenvalue weighted by Gasteiger charge is -2.56. The van der Waals surface area contributed by atoms with Gasteiger partial charge in [0, 0.05) is 17.5 Å². The maximum Gasteiger partial charge on any atom is 0.416 e. The second-order valence-electron chi connectivity index (χ2n) is 10.1. The van der Waals surface area contributed by atoms with Gasteiger partial charge in [0.1, 0.15) is 0 Å². The Hall–Kier alpha value is -2.55. The van der Waals surface area contributed by atoms with Crippen LogP contribution in [0.25, 0.3) is 0 Å². The van der Waals surface area contributed by atoms with E-state index in [2.05, 4.69) is 5.32 Å². The molecule has 1 amide bonds. The molecule has 0 aliphatic heterocycles. The van der Waals surface area contributed by atoms with E-state index in [4.69, 9.17) is 0 Å². The van der Waals surface area contributed by atoms with Crippen LogP contribution in [-0.4, -0.2) is 17.4 Å². The third-order valence-corrected chi connectivity index (χ3v) is 8.76. The van der Waals surface area contributed by atoms with Crippen molar-refractivity contribution in [1.82, 2.24) is 5.32 Å². The second-order valence-corrected chi connectivity index (χ2v) is 11.2. The molecule has 4 aliphatic rings. The zero-order valence-corrected chi connectivity index (χ0v) is 19.3. The molecule has 180 valence electrons. The van der Waals surface area contributed by atoms with Gasteiger partial charge in [-0.25, -0.2) is 0 Å². The molecule has 0 radical (unpaired) electrons. The van der Waals surface area contributed by atoms with Crippen LogP contribution in [0, 0.1) is 33.3 Å². The molecule has 2 aromatic rings. The SMILES string of the molecule is O=C(NCC12CC3CC(CC(C3)C1)C2)c1ccccc1Sc1ccc(C(F)(F)F)cc1[N+](=O)[O-]. The van der Waals surface area contributed by atoms with E-state index in [9.17, 15) is 28.1 Å². The van der Waals surface area contributed by atoms with Gasteiger partial charge >= 0.3 is 6.18 Å². The highest BCUT2D eigenvalue weighted by Gasteiger charge is 2.50. The molecule has 0 aromatic heterocycles. The van der Waals surface area contributed by atoms with Crippen LogP contribution in [0.4, 0.5) is 18.9 Å². The molecule has 0 saturated heterocycles. The third-order valence-electron chi connectivity index (χ3n) is 7.62. The van der Waals surface area contributed by atoms with Crippen LogP contribution in [0.15, 0.2) is 52.3 Å². The standard InChI is InChI=1S/C25H25F3N2O3S/c26-25(27,28)18-5-6-22(20(10-18)30(32)33)34-21-4-2-1-3-19(21)23(31)29-14-24-11-15-7-16(12-24)9-17(8-15)13-24/h1-6,10,15-17H,7-9,11-14H2,(H,29,31). The first-order valence-corrected chi connectivity index (χ1v) is 12.3. The average molecular weight is 491 g/mol. The van der Waals surface area contributed by atoms with Crippen LogP contribution >= 0.6 is 11.8 Å². The molecule has 0 spiro atoms. The van der Waals surface area contributed by atoms with Crippen LogP contribution in [0.1, 0.15) is 54.4 Å². The Morgan fingerprint density at radius 1 is 1.03 bits per heavy atom. The summed E-state index contributed by atoms with van der Waals surface area (Å²) >= 11 is 0.932. The molecule has 4 aliphatic carbocycles. The Labute approximate surface area is 199 Å². The minimum Gasteiger partial charge on any atom is -0.351 e. The van der Waals surface area contributed by atoms with E-state index in [1.807, 2.05) is 0 Å². The number of nitrogens with zero attached hydrogens (tertiary/aromatic N) is 1. The lowest BCUT2D eigenvalue weighted by molar-refractivity contribution is -0.388. The summed E-state index contributed by atoms with van der Waals surface area (Å²) in [6.45, 7) is 0.620. The summed E-state index contributed by atoms with van der Waals surface area (Å²) in [5, 5.41) is 14.6. The smallest absolute Gasteiger partial charge is 0.351 e. The van der Waals surface area contributed by atoms with Gasteiger partial charge < -0.3 is 5.32 Å². The van der Waals surface area contributed by atoms with Crippen LogP contribution in [0.5, 0.6) is 0 Å². The maximum absolute atomic E-state index is 13.1. The normalized spacial score (nSPS) is 27.6. The summed E-state index contributed by atoms with van der Waals surface area (Å²) < 4.78 is 39.1. The summed E-state index contributed by atoms with van der Waals surface area (Å²) in [6.07, 6.45) is 2.76. The van der Waals surface area contributed by atoms with E-state index in [1.165, 1.54) is 19.3 Å². The Balaban J connectivity index is 1.34. The summed E-state index contributed by atoms with van der Waals surface area (Å²) in [4.78, 5) is 24.3. The average Bonchev–Trinajstić information content (AvgIpc) is 2.76. The van der Waals surface area contributed by atoms with E-state index in [1.54, 1.807) is 24.3 Å². The minimum atomic E-state index is -4.68. The van der Waals surface area contributed by atoms with Crippen molar-refractivity contribution in [3.8, 4) is 0 Å². The number of hydrogen-bond donors (Lipinski definition) is 1. The van der Waals surface area contributed by atoms with E-state index < -0.39 is 22.4 Å². The predicted molar refractivity (Wildman–Crippen MR) is 122 cm³/mol. The summed E-state index contributed by atoms with van der Waals surface area (Å²) in [5.74, 6) is 2.05. The van der Waals surface area contributed by atoms with Gasteiger partial charge in [-0.05, 0) is 86.0 Å². The van der Waals surface area contributed by atoms with Crippen molar-refractivity contribution in [2.45, 2.75) is 54.5 Å². The highest BCUT2D eigenvalue weighted by Crippen LogP contribution is 2.59. The number of nitro benzene ring substituents is 1. The number of carbonyl (C=O) groups excluding carboxylic acids is 1. The van der Waals surface area contributed by atoms with Crippen molar-refractivity contribution in [1.29, 1.82) is 0 Å². The highest BCUT2D eigenvalue weighted by atomic mass is 32.2. The fourth-order valence-corrected chi connectivity index (χ4v) is 7.68. The van der Waals surface area contributed by atoms with Crippen LogP contribution in [0.2, 0.25) is 0 Å². The molecule has 9 heteroatoms. The lowest BCUT2D eigenvalue weighted by Crippen LogP contribution is -2.51. The number of halogens is 3. The topological polar surface area (TPSA) is 72.2 Å². The zero-order valence-electron chi connectivity index (χ0n) is 18.4. The van der Waals surface area contributed by atoms with Gasteiger partial charge in [0.15, 0.2) is 0 Å². The molecule has 6 rings (SSSR count). The van der Waals surface area contributed by atoms with Crippen molar-refractivity contribution in [2.24, 2.45) is 23.2 Å². The van der Waals surface area contributed by atoms with Crippen molar-refractivity contribution in [3.63, 3.8) is 0 Å². The first-order chi connectivity index (χ1) is 16.1. The van der Waals surface area contributed by atoms with E-state index >= 15 is 0 Å². The molecule has 0 unspecified atom stereocenters.